The van der Waals surface area contributed by atoms with E-state index in [1.54, 1.807) is 48.5 Å². The minimum absolute atomic E-state index is 0.0270. The molecule has 0 spiro atoms. The van der Waals surface area contributed by atoms with Crippen LogP contribution in [-0.4, -0.2) is 41.2 Å². The monoisotopic (exact) mass is 568 g/mol. The van der Waals surface area contributed by atoms with E-state index in [2.05, 4.69) is 0 Å². The Bertz CT molecular complexity index is 1750. The lowest BCUT2D eigenvalue weighted by molar-refractivity contribution is 0.128. The van der Waals surface area contributed by atoms with Gasteiger partial charge in [0.1, 0.15) is 34.4 Å². The third-order valence-corrected chi connectivity index (χ3v) is 8.96. The average Bonchev–Trinajstić information content (AvgIpc) is 3.52. The Balaban J connectivity index is 1.34. The molecule has 8 heteroatoms. The van der Waals surface area contributed by atoms with E-state index in [0.717, 1.165) is 33.4 Å². The molecule has 4 aromatic rings. The lowest BCUT2D eigenvalue weighted by Crippen LogP contribution is -2.35. The summed E-state index contributed by atoms with van der Waals surface area (Å²) in [6.45, 7) is 1.87. The van der Waals surface area contributed by atoms with E-state index in [9.17, 15) is 23.7 Å². The maximum absolute atomic E-state index is 13.5. The molecule has 0 aliphatic carbocycles. The fourth-order valence-electron chi connectivity index (χ4n) is 5.54. The Labute approximate surface area is 238 Å². The molecule has 7 nitrogen and oxygen atoms in total. The van der Waals surface area contributed by atoms with Crippen LogP contribution < -0.4 is 4.18 Å². The summed E-state index contributed by atoms with van der Waals surface area (Å²) >= 11 is 0. The minimum atomic E-state index is -4.02. The first-order chi connectivity index (χ1) is 19.7. The first-order valence-electron chi connectivity index (χ1n) is 13.2. The van der Waals surface area contributed by atoms with Gasteiger partial charge in [-0.15, -0.1) is 0 Å². The number of rotatable bonds is 7. The van der Waals surface area contributed by atoms with Crippen LogP contribution in [0.4, 0.5) is 0 Å². The lowest BCUT2D eigenvalue weighted by Gasteiger charge is -2.25. The summed E-state index contributed by atoms with van der Waals surface area (Å²) in [5.41, 5.74) is 5.77. The number of fused-ring (bicyclic) bond motifs is 2. The van der Waals surface area contributed by atoms with E-state index >= 15 is 0 Å². The van der Waals surface area contributed by atoms with Crippen LogP contribution in [-0.2, 0) is 14.9 Å². The molecule has 2 heterocycles. The normalized spacial score (nSPS) is 20.2. The summed E-state index contributed by atoms with van der Waals surface area (Å²) in [5.74, 6) is 0.359. The van der Waals surface area contributed by atoms with Crippen LogP contribution in [0.2, 0.25) is 0 Å². The second kappa shape index (κ2) is 10.5. The van der Waals surface area contributed by atoms with Gasteiger partial charge in [0.25, 0.3) is 0 Å². The van der Waals surface area contributed by atoms with Crippen LogP contribution in [0.5, 0.6) is 23.0 Å². The molecule has 6 rings (SSSR count). The van der Waals surface area contributed by atoms with Crippen LogP contribution in [0.25, 0.3) is 23.3 Å². The summed E-state index contributed by atoms with van der Waals surface area (Å²) in [6.07, 6.45) is 2.72. The quantitative estimate of drug-likeness (QED) is 0.181. The molecule has 2 bridgehead atoms. The molecule has 3 unspecified atom stereocenters. The molecule has 3 atom stereocenters. The highest BCUT2D eigenvalue weighted by atomic mass is 32.2. The van der Waals surface area contributed by atoms with Gasteiger partial charge in [0, 0.05) is 12.5 Å². The zero-order valence-electron chi connectivity index (χ0n) is 22.1. The molecule has 0 radical (unpaired) electrons. The van der Waals surface area contributed by atoms with Crippen LogP contribution in [0.15, 0.2) is 91.0 Å². The SMILES string of the molecule is Cc1cccc(OS(=O)(=O)C2CC3OC2C(c2ccc(/C=C/c4cc(O)cc(O)c4)cc2)=C3c2ccc(O)cc2)c1. The molecule has 1 saturated heterocycles. The van der Waals surface area contributed by atoms with E-state index in [4.69, 9.17) is 8.92 Å². The van der Waals surface area contributed by atoms with Gasteiger partial charge in [-0.3, -0.25) is 0 Å². The third-order valence-electron chi connectivity index (χ3n) is 7.36. The van der Waals surface area contributed by atoms with Crippen LogP contribution in [0.1, 0.15) is 34.2 Å². The highest BCUT2D eigenvalue weighted by Crippen LogP contribution is 2.51. The number of hydrogen-bond acceptors (Lipinski definition) is 7. The molecule has 2 aliphatic heterocycles. The van der Waals surface area contributed by atoms with E-state index < -0.39 is 27.6 Å². The van der Waals surface area contributed by atoms with Gasteiger partial charge in [-0.25, -0.2) is 0 Å². The maximum atomic E-state index is 13.5. The Morgan fingerprint density at radius 2 is 1.39 bits per heavy atom. The molecule has 2 aliphatic rings. The second-order valence-electron chi connectivity index (χ2n) is 10.3. The molecule has 4 aromatic carbocycles. The average molecular weight is 569 g/mol. The van der Waals surface area contributed by atoms with E-state index in [0.29, 0.717) is 5.56 Å². The second-order valence-corrected chi connectivity index (χ2v) is 12.1. The van der Waals surface area contributed by atoms with Gasteiger partial charge < -0.3 is 24.2 Å². The van der Waals surface area contributed by atoms with Crippen molar-refractivity contribution in [2.45, 2.75) is 30.8 Å². The van der Waals surface area contributed by atoms with Crippen molar-refractivity contribution >= 4 is 33.4 Å². The van der Waals surface area contributed by atoms with Gasteiger partial charge in [-0.2, -0.15) is 8.42 Å². The van der Waals surface area contributed by atoms with Crippen molar-refractivity contribution in [1.82, 2.24) is 0 Å². The molecule has 0 saturated carbocycles. The van der Waals surface area contributed by atoms with Crippen molar-refractivity contribution in [3.63, 3.8) is 0 Å². The van der Waals surface area contributed by atoms with E-state index in [1.165, 1.54) is 6.07 Å². The van der Waals surface area contributed by atoms with E-state index in [1.807, 2.05) is 55.5 Å². The minimum Gasteiger partial charge on any atom is -0.508 e. The number of hydrogen-bond donors (Lipinski definition) is 3. The van der Waals surface area contributed by atoms with Gasteiger partial charge in [0.2, 0.25) is 0 Å². The molecule has 3 N–H and O–H groups in total. The predicted octanol–water partition coefficient (Wildman–Crippen LogP) is 6.14. The summed E-state index contributed by atoms with van der Waals surface area (Å²) in [6, 6.07) is 25.8. The molecule has 41 heavy (non-hydrogen) atoms. The van der Waals surface area contributed by atoms with Crippen molar-refractivity contribution in [1.29, 1.82) is 0 Å². The van der Waals surface area contributed by atoms with Crippen LogP contribution in [0, 0.1) is 6.92 Å². The first kappa shape index (κ1) is 26.7. The van der Waals surface area contributed by atoms with Gasteiger partial charge in [0.15, 0.2) is 0 Å². The number of phenols is 3. The highest BCUT2D eigenvalue weighted by molar-refractivity contribution is 7.87. The topological polar surface area (TPSA) is 113 Å². The Kier molecular flexibility index (Phi) is 6.81. The van der Waals surface area contributed by atoms with Crippen LogP contribution >= 0.6 is 0 Å². The number of aromatic hydroxyl groups is 3. The summed E-state index contributed by atoms with van der Waals surface area (Å²) in [4.78, 5) is 0. The predicted molar refractivity (Wildman–Crippen MR) is 158 cm³/mol. The largest absolute Gasteiger partial charge is 0.508 e. The summed E-state index contributed by atoms with van der Waals surface area (Å²) < 4.78 is 38.8. The maximum Gasteiger partial charge on any atom is 0.315 e. The van der Waals surface area contributed by atoms with Crippen molar-refractivity contribution < 1.29 is 32.7 Å². The zero-order valence-corrected chi connectivity index (χ0v) is 23.0. The van der Waals surface area contributed by atoms with Crippen molar-refractivity contribution in [2.75, 3.05) is 0 Å². The van der Waals surface area contributed by atoms with Gasteiger partial charge in [-0.1, -0.05) is 60.7 Å². The number of aryl methyl sites for hydroxylation is 1. The van der Waals surface area contributed by atoms with E-state index in [-0.39, 0.29) is 29.4 Å². The first-order valence-corrected chi connectivity index (χ1v) is 14.6. The number of phenolic OH excluding ortho intramolecular Hbond substituents is 3. The fourth-order valence-corrected chi connectivity index (χ4v) is 6.95. The Morgan fingerprint density at radius 1 is 0.756 bits per heavy atom. The molecular formula is C33H28O7S. The molecular weight excluding hydrogens is 540 g/mol. The fraction of sp³-hybridized carbons (Fsp3) is 0.152. The van der Waals surface area contributed by atoms with Crippen molar-refractivity contribution in [2.24, 2.45) is 0 Å². The standard InChI is InChI=1S/C33H28O7S/c1-20-3-2-4-28(15-20)40-41(37,38)30-19-29-31(23-11-13-25(34)14-12-23)32(33(30)39-29)24-9-7-21(8-10-24)5-6-22-16-26(35)18-27(36)17-22/h2-18,29-30,33-36H,19H2,1H3/b6-5+. The molecule has 208 valence electrons. The summed E-state index contributed by atoms with van der Waals surface area (Å²) in [5, 5.41) is 28.4. The van der Waals surface area contributed by atoms with Crippen molar-refractivity contribution in [3.8, 4) is 23.0 Å². The van der Waals surface area contributed by atoms with Gasteiger partial charge in [-0.05, 0) is 82.3 Å². The van der Waals surface area contributed by atoms with Gasteiger partial charge in [0.05, 0.1) is 6.10 Å². The number of benzene rings is 4. The van der Waals surface area contributed by atoms with Gasteiger partial charge >= 0.3 is 10.1 Å². The molecule has 0 amide bonds. The third kappa shape index (κ3) is 5.44. The van der Waals surface area contributed by atoms with Crippen LogP contribution in [0.3, 0.4) is 0 Å². The summed E-state index contributed by atoms with van der Waals surface area (Å²) in [7, 11) is -4.02. The zero-order chi connectivity index (χ0) is 28.7. The molecule has 0 aromatic heterocycles. The van der Waals surface area contributed by atoms with Crippen molar-refractivity contribution in [3.05, 3.63) is 119 Å². The number of ether oxygens (including phenoxy) is 1. The molecule has 1 fully saturated rings. The smallest absolute Gasteiger partial charge is 0.315 e. The Morgan fingerprint density at radius 3 is 2.07 bits per heavy atom. The lowest BCUT2D eigenvalue weighted by atomic mass is 9.83. The Hall–Kier alpha value is -4.53. The highest BCUT2D eigenvalue weighted by Gasteiger charge is 2.53.